The predicted octanol–water partition coefficient (Wildman–Crippen LogP) is 2.32. The normalized spacial score (nSPS) is 10.7. The van der Waals surface area contributed by atoms with E-state index in [2.05, 4.69) is 15.4 Å². The summed E-state index contributed by atoms with van der Waals surface area (Å²) in [5.41, 5.74) is 1.61. The Labute approximate surface area is 137 Å². The Hall–Kier alpha value is -1.79. The van der Waals surface area contributed by atoms with Crippen LogP contribution in [0.1, 0.15) is 28.2 Å². The molecule has 22 heavy (non-hydrogen) atoms. The van der Waals surface area contributed by atoms with E-state index in [0.717, 1.165) is 11.4 Å². The van der Waals surface area contributed by atoms with Gasteiger partial charge in [0.15, 0.2) is 0 Å². The molecule has 8 heteroatoms. The van der Waals surface area contributed by atoms with Gasteiger partial charge in [0.25, 0.3) is 11.5 Å². The number of amides is 1. The number of carbonyl (C=O) groups is 1. The second-order valence-corrected chi connectivity index (χ2v) is 5.67. The fourth-order valence-corrected chi connectivity index (χ4v) is 2.32. The minimum atomic E-state index is -0.417. The number of pyridine rings is 1. The van der Waals surface area contributed by atoms with E-state index >= 15 is 0 Å². The van der Waals surface area contributed by atoms with E-state index in [9.17, 15) is 9.59 Å². The minimum absolute atomic E-state index is 0.00932. The van der Waals surface area contributed by atoms with Crippen molar-refractivity contribution in [3.63, 3.8) is 0 Å². The van der Waals surface area contributed by atoms with E-state index in [-0.39, 0.29) is 10.9 Å². The van der Waals surface area contributed by atoms with Crippen molar-refractivity contribution < 1.29 is 4.79 Å². The summed E-state index contributed by atoms with van der Waals surface area (Å²) in [7, 11) is 0. The number of nitrogens with one attached hydrogen (secondary N) is 2. The Bertz CT molecular complexity index is 752. The molecule has 0 aliphatic carbocycles. The average molecular weight is 343 g/mol. The fraction of sp³-hybridized carbons (Fsp3) is 0.357. The molecule has 0 saturated heterocycles. The summed E-state index contributed by atoms with van der Waals surface area (Å²) in [5.74, 6) is -0.287. The molecule has 2 aromatic rings. The minimum Gasteiger partial charge on any atom is -0.352 e. The summed E-state index contributed by atoms with van der Waals surface area (Å²) in [6, 6.07) is 1.34. The van der Waals surface area contributed by atoms with Gasteiger partial charge in [-0.15, -0.1) is 0 Å². The quantitative estimate of drug-likeness (QED) is 0.818. The van der Waals surface area contributed by atoms with Gasteiger partial charge in [0.1, 0.15) is 5.02 Å². The summed E-state index contributed by atoms with van der Waals surface area (Å²) < 4.78 is 1.82. The molecule has 2 heterocycles. The molecule has 0 unspecified atom stereocenters. The smallest absolute Gasteiger partial charge is 0.266 e. The number of rotatable bonds is 5. The van der Waals surface area contributed by atoms with Gasteiger partial charge in [-0.2, -0.15) is 5.10 Å². The maximum atomic E-state index is 11.9. The molecular weight excluding hydrogens is 327 g/mol. The zero-order valence-corrected chi connectivity index (χ0v) is 13.8. The Morgan fingerprint density at radius 3 is 2.73 bits per heavy atom. The summed E-state index contributed by atoms with van der Waals surface area (Å²) in [6.45, 7) is 4.90. The number of aryl methyl sites for hydroxylation is 2. The van der Waals surface area contributed by atoms with Crippen molar-refractivity contribution in [2.75, 3.05) is 6.54 Å². The SMILES string of the molecule is Cc1nn(CCCNC(=O)c2c[nH]c(=O)c(Cl)c2)c(C)c1Cl. The number of hydrogen-bond acceptors (Lipinski definition) is 3. The van der Waals surface area contributed by atoms with E-state index in [4.69, 9.17) is 23.2 Å². The summed E-state index contributed by atoms with van der Waals surface area (Å²) in [5, 5.41) is 7.75. The van der Waals surface area contributed by atoms with Gasteiger partial charge in [0.2, 0.25) is 0 Å². The topological polar surface area (TPSA) is 79.8 Å². The lowest BCUT2D eigenvalue weighted by molar-refractivity contribution is 0.0952. The molecule has 118 valence electrons. The highest BCUT2D eigenvalue weighted by atomic mass is 35.5. The molecule has 2 rings (SSSR count). The van der Waals surface area contributed by atoms with Crippen LogP contribution in [0.25, 0.3) is 0 Å². The highest BCUT2D eigenvalue weighted by molar-refractivity contribution is 6.31. The molecular formula is C14H16Cl2N4O2. The van der Waals surface area contributed by atoms with Crippen LogP contribution in [0.3, 0.4) is 0 Å². The Balaban J connectivity index is 1.85. The molecule has 1 amide bonds. The Kier molecular flexibility index (Phi) is 5.26. The number of hydrogen-bond donors (Lipinski definition) is 2. The highest BCUT2D eigenvalue weighted by Gasteiger charge is 2.10. The first-order valence-corrected chi connectivity index (χ1v) is 7.51. The third kappa shape index (κ3) is 3.69. The van der Waals surface area contributed by atoms with Crippen LogP contribution in [0.5, 0.6) is 0 Å². The van der Waals surface area contributed by atoms with Crippen LogP contribution < -0.4 is 10.9 Å². The maximum absolute atomic E-state index is 11.9. The highest BCUT2D eigenvalue weighted by Crippen LogP contribution is 2.18. The molecule has 0 atom stereocenters. The van der Waals surface area contributed by atoms with E-state index in [1.165, 1.54) is 12.3 Å². The van der Waals surface area contributed by atoms with Crippen LogP contribution in [0.15, 0.2) is 17.1 Å². The van der Waals surface area contributed by atoms with E-state index in [1.807, 2.05) is 18.5 Å². The predicted molar refractivity (Wildman–Crippen MR) is 85.7 cm³/mol. The van der Waals surface area contributed by atoms with E-state index in [0.29, 0.717) is 30.1 Å². The van der Waals surface area contributed by atoms with Crippen molar-refractivity contribution in [1.82, 2.24) is 20.1 Å². The van der Waals surface area contributed by atoms with E-state index in [1.54, 1.807) is 0 Å². The van der Waals surface area contributed by atoms with Gasteiger partial charge >= 0.3 is 0 Å². The third-order valence-corrected chi connectivity index (χ3v) is 4.07. The molecule has 0 bridgehead atoms. The van der Waals surface area contributed by atoms with Crippen molar-refractivity contribution in [1.29, 1.82) is 0 Å². The first kappa shape index (κ1) is 16.6. The van der Waals surface area contributed by atoms with Crippen LogP contribution in [-0.2, 0) is 6.54 Å². The Morgan fingerprint density at radius 1 is 1.41 bits per heavy atom. The lowest BCUT2D eigenvalue weighted by atomic mass is 10.2. The molecule has 0 aliphatic rings. The van der Waals surface area contributed by atoms with Gasteiger partial charge in [-0.1, -0.05) is 23.2 Å². The van der Waals surface area contributed by atoms with Crippen molar-refractivity contribution >= 4 is 29.1 Å². The van der Waals surface area contributed by atoms with Gasteiger partial charge in [0.05, 0.1) is 22.0 Å². The number of halogens is 2. The van der Waals surface area contributed by atoms with Crippen LogP contribution in [0, 0.1) is 13.8 Å². The number of carbonyl (C=O) groups excluding carboxylic acids is 1. The second kappa shape index (κ2) is 6.98. The number of aromatic nitrogens is 3. The summed E-state index contributed by atoms with van der Waals surface area (Å²) in [4.78, 5) is 25.4. The molecule has 0 fully saturated rings. The molecule has 6 nitrogen and oxygen atoms in total. The molecule has 0 spiro atoms. The van der Waals surface area contributed by atoms with Crippen LogP contribution in [0.4, 0.5) is 0 Å². The first-order chi connectivity index (χ1) is 10.4. The fourth-order valence-electron chi connectivity index (χ4n) is 2.01. The lowest BCUT2D eigenvalue weighted by Gasteiger charge is -2.07. The zero-order valence-electron chi connectivity index (χ0n) is 12.2. The van der Waals surface area contributed by atoms with Crippen molar-refractivity contribution in [2.45, 2.75) is 26.8 Å². The van der Waals surface area contributed by atoms with Crippen molar-refractivity contribution in [3.05, 3.63) is 49.6 Å². The number of H-pyrrole nitrogens is 1. The average Bonchev–Trinajstić information content (AvgIpc) is 2.73. The van der Waals surface area contributed by atoms with Gasteiger partial charge < -0.3 is 10.3 Å². The largest absolute Gasteiger partial charge is 0.352 e. The number of nitrogens with zero attached hydrogens (tertiary/aromatic N) is 2. The van der Waals surface area contributed by atoms with E-state index < -0.39 is 5.56 Å². The third-order valence-electron chi connectivity index (χ3n) is 3.25. The maximum Gasteiger partial charge on any atom is 0.266 e. The lowest BCUT2D eigenvalue weighted by Crippen LogP contribution is -2.26. The molecule has 0 saturated carbocycles. The Morgan fingerprint density at radius 2 is 2.14 bits per heavy atom. The van der Waals surface area contributed by atoms with Gasteiger partial charge in [-0.3, -0.25) is 14.3 Å². The molecule has 2 N–H and O–H groups in total. The first-order valence-electron chi connectivity index (χ1n) is 6.76. The summed E-state index contributed by atoms with van der Waals surface area (Å²) in [6.07, 6.45) is 2.05. The second-order valence-electron chi connectivity index (χ2n) is 4.88. The van der Waals surface area contributed by atoms with Crippen molar-refractivity contribution in [3.8, 4) is 0 Å². The standard InChI is InChI=1S/C14H16Cl2N4O2/c1-8-12(16)9(2)20(19-8)5-3-4-17-13(21)10-6-11(15)14(22)18-7-10/h6-7H,3-5H2,1-2H3,(H,17,21)(H,18,22). The monoisotopic (exact) mass is 342 g/mol. The number of aromatic amines is 1. The van der Waals surface area contributed by atoms with Gasteiger partial charge in [-0.25, -0.2) is 0 Å². The van der Waals surface area contributed by atoms with Crippen LogP contribution in [0.2, 0.25) is 10.0 Å². The molecule has 2 aromatic heterocycles. The van der Waals surface area contributed by atoms with Gasteiger partial charge in [0, 0.05) is 19.3 Å². The summed E-state index contributed by atoms with van der Waals surface area (Å²) >= 11 is 11.8. The molecule has 0 aliphatic heterocycles. The zero-order chi connectivity index (χ0) is 16.3. The van der Waals surface area contributed by atoms with Gasteiger partial charge in [-0.05, 0) is 26.3 Å². The molecule has 0 aromatic carbocycles. The van der Waals surface area contributed by atoms with Crippen LogP contribution in [-0.4, -0.2) is 27.2 Å². The van der Waals surface area contributed by atoms with Crippen molar-refractivity contribution in [2.24, 2.45) is 0 Å². The van der Waals surface area contributed by atoms with Crippen LogP contribution >= 0.6 is 23.2 Å². The molecule has 0 radical (unpaired) electrons.